The molecule has 0 saturated carbocycles. The SMILES string of the molecule is COC(=O)/C=C/NCc1noc(C)n1. The van der Waals surface area contributed by atoms with E-state index in [1.165, 1.54) is 19.4 Å². The minimum atomic E-state index is -0.415. The number of nitrogens with zero attached hydrogens (tertiary/aromatic N) is 2. The summed E-state index contributed by atoms with van der Waals surface area (Å²) in [5.74, 6) is 0.637. The number of rotatable bonds is 4. The summed E-state index contributed by atoms with van der Waals surface area (Å²) >= 11 is 0. The van der Waals surface area contributed by atoms with Gasteiger partial charge in [-0.2, -0.15) is 4.98 Å². The van der Waals surface area contributed by atoms with Gasteiger partial charge in [0.2, 0.25) is 5.89 Å². The average molecular weight is 197 g/mol. The summed E-state index contributed by atoms with van der Waals surface area (Å²) in [6, 6.07) is 0. The third kappa shape index (κ3) is 3.26. The van der Waals surface area contributed by atoms with Crippen molar-refractivity contribution in [1.82, 2.24) is 15.5 Å². The van der Waals surface area contributed by atoms with E-state index in [-0.39, 0.29) is 0 Å². The van der Waals surface area contributed by atoms with E-state index >= 15 is 0 Å². The zero-order valence-electron chi connectivity index (χ0n) is 7.98. The fourth-order valence-electron chi connectivity index (χ4n) is 0.758. The molecule has 1 N–H and O–H groups in total. The summed E-state index contributed by atoms with van der Waals surface area (Å²) in [4.78, 5) is 14.6. The van der Waals surface area contributed by atoms with Gasteiger partial charge in [0.25, 0.3) is 0 Å². The first-order valence-corrected chi connectivity index (χ1v) is 3.99. The molecule has 1 rings (SSSR count). The Balaban J connectivity index is 2.28. The van der Waals surface area contributed by atoms with Crippen molar-refractivity contribution in [2.45, 2.75) is 13.5 Å². The highest BCUT2D eigenvalue weighted by Crippen LogP contribution is 1.93. The molecule has 6 heteroatoms. The van der Waals surface area contributed by atoms with E-state index in [0.717, 1.165) is 0 Å². The van der Waals surface area contributed by atoms with Crippen LogP contribution in [0, 0.1) is 6.92 Å². The first kappa shape index (κ1) is 10.2. The molecule has 0 saturated heterocycles. The number of methoxy groups -OCH3 is 1. The van der Waals surface area contributed by atoms with E-state index in [9.17, 15) is 4.79 Å². The molecular formula is C8H11N3O3. The quantitative estimate of drug-likeness (QED) is 0.547. The molecule has 0 bridgehead atoms. The first-order chi connectivity index (χ1) is 6.72. The van der Waals surface area contributed by atoms with Crippen LogP contribution in [0.25, 0.3) is 0 Å². The second-order valence-electron chi connectivity index (χ2n) is 2.47. The zero-order chi connectivity index (χ0) is 10.4. The number of aromatic nitrogens is 2. The molecule has 0 unspecified atom stereocenters. The number of carbonyl (C=O) groups excluding carboxylic acids is 1. The summed E-state index contributed by atoms with van der Waals surface area (Å²) in [7, 11) is 1.31. The third-order valence-electron chi connectivity index (χ3n) is 1.37. The first-order valence-electron chi connectivity index (χ1n) is 3.99. The molecule has 1 heterocycles. The van der Waals surface area contributed by atoms with E-state index in [0.29, 0.717) is 18.3 Å². The maximum atomic E-state index is 10.6. The molecule has 0 fully saturated rings. The molecule has 0 aromatic carbocycles. The molecule has 6 nitrogen and oxygen atoms in total. The van der Waals surface area contributed by atoms with Crippen molar-refractivity contribution in [2.24, 2.45) is 0 Å². The lowest BCUT2D eigenvalue weighted by atomic mass is 10.5. The Hall–Kier alpha value is -1.85. The summed E-state index contributed by atoms with van der Waals surface area (Å²) < 4.78 is 9.14. The molecule has 0 amide bonds. The van der Waals surface area contributed by atoms with Crippen molar-refractivity contribution in [1.29, 1.82) is 0 Å². The van der Waals surface area contributed by atoms with Gasteiger partial charge in [-0.1, -0.05) is 5.16 Å². The van der Waals surface area contributed by atoms with Gasteiger partial charge in [-0.3, -0.25) is 0 Å². The third-order valence-corrected chi connectivity index (χ3v) is 1.37. The molecule has 0 atom stereocenters. The Morgan fingerprint density at radius 1 is 1.71 bits per heavy atom. The molecule has 0 radical (unpaired) electrons. The Morgan fingerprint density at radius 3 is 3.07 bits per heavy atom. The van der Waals surface area contributed by atoms with Crippen LogP contribution in [0.4, 0.5) is 0 Å². The van der Waals surface area contributed by atoms with Crippen molar-refractivity contribution < 1.29 is 14.1 Å². The van der Waals surface area contributed by atoms with Gasteiger partial charge in [-0.15, -0.1) is 0 Å². The summed E-state index contributed by atoms with van der Waals surface area (Å²) in [6.45, 7) is 2.12. The minimum absolute atomic E-state index is 0.408. The van der Waals surface area contributed by atoms with Crippen molar-refractivity contribution >= 4 is 5.97 Å². The lowest BCUT2D eigenvalue weighted by Gasteiger charge is -1.93. The van der Waals surface area contributed by atoms with E-state index in [1.807, 2.05) is 0 Å². The Kier molecular flexibility index (Phi) is 3.66. The van der Waals surface area contributed by atoms with Gasteiger partial charge in [0, 0.05) is 19.2 Å². The van der Waals surface area contributed by atoms with Gasteiger partial charge in [-0.05, 0) is 0 Å². The van der Waals surface area contributed by atoms with Crippen LogP contribution in [0.2, 0.25) is 0 Å². The molecule has 1 aromatic heterocycles. The van der Waals surface area contributed by atoms with Crippen LogP contribution < -0.4 is 5.32 Å². The largest absolute Gasteiger partial charge is 0.466 e. The maximum absolute atomic E-state index is 10.6. The van der Waals surface area contributed by atoms with Crippen LogP contribution in [0.5, 0.6) is 0 Å². The molecular weight excluding hydrogens is 186 g/mol. The molecule has 0 aliphatic carbocycles. The van der Waals surface area contributed by atoms with Crippen molar-refractivity contribution in [3.63, 3.8) is 0 Å². The van der Waals surface area contributed by atoms with Crippen molar-refractivity contribution in [3.8, 4) is 0 Å². The number of esters is 1. The topological polar surface area (TPSA) is 77.2 Å². The number of hydrogen-bond acceptors (Lipinski definition) is 6. The van der Waals surface area contributed by atoms with E-state index in [1.54, 1.807) is 6.92 Å². The number of ether oxygens (including phenoxy) is 1. The van der Waals surface area contributed by atoms with Crippen LogP contribution in [-0.2, 0) is 16.1 Å². The van der Waals surface area contributed by atoms with E-state index < -0.39 is 5.97 Å². The molecule has 0 spiro atoms. The zero-order valence-corrected chi connectivity index (χ0v) is 7.98. The Bertz CT molecular complexity index is 332. The van der Waals surface area contributed by atoms with E-state index in [4.69, 9.17) is 4.52 Å². The van der Waals surface area contributed by atoms with Gasteiger partial charge < -0.3 is 14.6 Å². The van der Waals surface area contributed by atoms with Crippen LogP contribution in [-0.4, -0.2) is 23.2 Å². The predicted molar refractivity (Wildman–Crippen MR) is 47.0 cm³/mol. The number of hydrogen-bond donors (Lipinski definition) is 1. The lowest BCUT2D eigenvalue weighted by Crippen LogP contribution is -2.07. The number of carbonyl (C=O) groups is 1. The summed E-state index contributed by atoms with van der Waals surface area (Å²) in [6.07, 6.45) is 2.74. The van der Waals surface area contributed by atoms with Crippen molar-refractivity contribution in [3.05, 3.63) is 24.0 Å². The molecule has 76 valence electrons. The standard InChI is InChI=1S/C8H11N3O3/c1-6-10-7(11-14-6)5-9-4-3-8(12)13-2/h3-4,9H,5H2,1-2H3/b4-3+. The number of aryl methyl sites for hydroxylation is 1. The van der Waals surface area contributed by atoms with Gasteiger partial charge in [-0.25, -0.2) is 4.79 Å². The van der Waals surface area contributed by atoms with Gasteiger partial charge in [0.05, 0.1) is 13.7 Å². The Labute approximate surface area is 80.9 Å². The van der Waals surface area contributed by atoms with Gasteiger partial charge >= 0.3 is 5.97 Å². The second kappa shape index (κ2) is 5.00. The molecule has 14 heavy (non-hydrogen) atoms. The second-order valence-corrected chi connectivity index (χ2v) is 2.47. The van der Waals surface area contributed by atoms with Gasteiger partial charge in [0.1, 0.15) is 0 Å². The smallest absolute Gasteiger partial charge is 0.331 e. The average Bonchev–Trinajstić information content (AvgIpc) is 2.58. The molecule has 0 aliphatic rings. The van der Waals surface area contributed by atoms with Gasteiger partial charge in [0.15, 0.2) is 5.82 Å². The highest BCUT2D eigenvalue weighted by atomic mass is 16.5. The number of nitrogens with one attached hydrogen (secondary N) is 1. The summed E-state index contributed by atoms with van der Waals surface area (Å²) in [5.41, 5.74) is 0. The van der Waals surface area contributed by atoms with Crippen LogP contribution in [0.3, 0.4) is 0 Å². The monoisotopic (exact) mass is 197 g/mol. The normalized spacial score (nSPS) is 10.4. The van der Waals surface area contributed by atoms with E-state index in [2.05, 4.69) is 20.2 Å². The fraction of sp³-hybridized carbons (Fsp3) is 0.375. The fourth-order valence-corrected chi connectivity index (χ4v) is 0.758. The highest BCUT2D eigenvalue weighted by Gasteiger charge is 1.99. The van der Waals surface area contributed by atoms with Crippen LogP contribution in [0.15, 0.2) is 16.8 Å². The molecule has 0 aliphatic heterocycles. The Morgan fingerprint density at radius 2 is 2.50 bits per heavy atom. The van der Waals surface area contributed by atoms with Crippen LogP contribution >= 0.6 is 0 Å². The maximum Gasteiger partial charge on any atom is 0.331 e. The highest BCUT2D eigenvalue weighted by molar-refractivity contribution is 5.81. The lowest BCUT2D eigenvalue weighted by molar-refractivity contribution is -0.134. The minimum Gasteiger partial charge on any atom is -0.466 e. The molecule has 1 aromatic rings. The van der Waals surface area contributed by atoms with Crippen molar-refractivity contribution in [2.75, 3.05) is 7.11 Å². The predicted octanol–water partition coefficient (Wildman–Crippen LogP) is 0.154. The summed E-state index contributed by atoms with van der Waals surface area (Å²) in [5, 5.41) is 6.47. The van der Waals surface area contributed by atoms with Crippen LogP contribution in [0.1, 0.15) is 11.7 Å².